The van der Waals surface area contributed by atoms with Crippen LogP contribution >= 0.6 is 23.2 Å². The van der Waals surface area contributed by atoms with E-state index in [0.29, 0.717) is 28.5 Å². The molecule has 3 rings (SSSR count). The molecule has 0 radical (unpaired) electrons. The van der Waals surface area contributed by atoms with Crippen LogP contribution < -0.4 is 15.5 Å². The van der Waals surface area contributed by atoms with Crippen molar-refractivity contribution in [2.24, 2.45) is 0 Å². The number of nitrogens with zero attached hydrogens (tertiary/aromatic N) is 3. The van der Waals surface area contributed by atoms with Gasteiger partial charge in [-0.1, -0.05) is 29.3 Å². The minimum Gasteiger partial charge on any atom is -0.363 e. The number of halogens is 2. The van der Waals surface area contributed by atoms with Crippen LogP contribution in [0.25, 0.3) is 0 Å². The van der Waals surface area contributed by atoms with Gasteiger partial charge in [-0.05, 0) is 49.4 Å². The van der Waals surface area contributed by atoms with Crippen LogP contribution in [0.1, 0.15) is 31.2 Å². The Morgan fingerprint density at radius 1 is 1.11 bits per heavy atom. The van der Waals surface area contributed by atoms with Crippen LogP contribution in [0.5, 0.6) is 0 Å². The van der Waals surface area contributed by atoms with Gasteiger partial charge >= 0.3 is 0 Å². The Labute approximate surface area is 175 Å². The lowest BCUT2D eigenvalue weighted by atomic mass is 9.91. The molecule has 1 fully saturated rings. The van der Waals surface area contributed by atoms with Gasteiger partial charge in [-0.15, -0.1) is 0 Å². The molecule has 0 bridgehead atoms. The fourth-order valence-electron chi connectivity index (χ4n) is 3.35. The molecule has 1 heterocycles. The van der Waals surface area contributed by atoms with Gasteiger partial charge in [-0.25, -0.2) is 4.98 Å². The summed E-state index contributed by atoms with van der Waals surface area (Å²) in [5.41, 5.74) is 0.861. The standard InChI is InChI=1S/C20H25Cl2N5O/c1-27(2)18-9-10-23-20(26-18)25-15-6-4-14(5-7-15)24-19(28)12-13-3-8-16(21)17(22)11-13/h3,8-11,14-15H,4-7,12H2,1-2H3,(H,24,28)(H,23,25,26). The molecule has 0 atom stereocenters. The fourth-order valence-corrected chi connectivity index (χ4v) is 3.67. The highest BCUT2D eigenvalue weighted by Crippen LogP contribution is 2.24. The van der Waals surface area contributed by atoms with E-state index in [1.165, 1.54) is 0 Å². The molecule has 1 aliphatic carbocycles. The summed E-state index contributed by atoms with van der Waals surface area (Å²) >= 11 is 11.9. The molecule has 1 aromatic carbocycles. The molecule has 2 N–H and O–H groups in total. The van der Waals surface area contributed by atoms with Gasteiger partial charge < -0.3 is 15.5 Å². The summed E-state index contributed by atoms with van der Waals surface area (Å²) in [6, 6.07) is 7.69. The minimum absolute atomic E-state index is 0.0109. The van der Waals surface area contributed by atoms with Crippen LogP contribution in [0.3, 0.4) is 0 Å². The Kier molecular flexibility index (Phi) is 6.97. The van der Waals surface area contributed by atoms with E-state index < -0.39 is 0 Å². The average molecular weight is 422 g/mol. The van der Waals surface area contributed by atoms with Crippen LogP contribution in [0, 0.1) is 0 Å². The number of nitrogens with one attached hydrogen (secondary N) is 2. The van der Waals surface area contributed by atoms with Crippen molar-refractivity contribution >= 4 is 40.9 Å². The first-order valence-corrected chi connectivity index (χ1v) is 10.2. The van der Waals surface area contributed by atoms with E-state index in [-0.39, 0.29) is 11.9 Å². The predicted octanol–water partition coefficient (Wildman–Crippen LogP) is 3.93. The smallest absolute Gasteiger partial charge is 0.224 e. The van der Waals surface area contributed by atoms with Gasteiger partial charge in [-0.3, -0.25) is 4.79 Å². The fraction of sp³-hybridized carbons (Fsp3) is 0.450. The highest BCUT2D eigenvalue weighted by Gasteiger charge is 2.23. The van der Waals surface area contributed by atoms with E-state index in [9.17, 15) is 4.79 Å². The summed E-state index contributed by atoms with van der Waals surface area (Å²) in [5, 5.41) is 7.51. The maximum Gasteiger partial charge on any atom is 0.224 e. The summed E-state index contributed by atoms with van der Waals surface area (Å²) < 4.78 is 0. The lowest BCUT2D eigenvalue weighted by Gasteiger charge is -2.29. The molecular formula is C20H25Cl2N5O. The third-order valence-corrected chi connectivity index (χ3v) is 5.61. The van der Waals surface area contributed by atoms with E-state index in [1.807, 2.05) is 31.1 Å². The Morgan fingerprint density at radius 3 is 2.50 bits per heavy atom. The molecule has 6 nitrogen and oxygen atoms in total. The number of hydrogen-bond acceptors (Lipinski definition) is 5. The minimum atomic E-state index is 0.0109. The van der Waals surface area contributed by atoms with Crippen LogP contribution in [0.2, 0.25) is 10.0 Å². The van der Waals surface area contributed by atoms with Gasteiger partial charge in [0, 0.05) is 32.4 Å². The van der Waals surface area contributed by atoms with Crippen LogP contribution in [0.15, 0.2) is 30.5 Å². The van der Waals surface area contributed by atoms with E-state index in [1.54, 1.807) is 18.3 Å². The van der Waals surface area contributed by atoms with Crippen molar-refractivity contribution in [3.05, 3.63) is 46.1 Å². The van der Waals surface area contributed by atoms with Crippen molar-refractivity contribution in [3.63, 3.8) is 0 Å². The second-order valence-electron chi connectivity index (χ2n) is 7.32. The summed E-state index contributed by atoms with van der Waals surface area (Å²) in [4.78, 5) is 23.1. The topological polar surface area (TPSA) is 70.2 Å². The van der Waals surface area contributed by atoms with E-state index in [2.05, 4.69) is 20.6 Å². The molecular weight excluding hydrogens is 397 g/mol. The summed E-state index contributed by atoms with van der Waals surface area (Å²) in [5.74, 6) is 1.54. The van der Waals surface area contributed by atoms with E-state index >= 15 is 0 Å². The van der Waals surface area contributed by atoms with Crippen molar-refractivity contribution < 1.29 is 4.79 Å². The number of hydrogen-bond donors (Lipinski definition) is 2. The molecule has 0 spiro atoms. The van der Waals surface area contributed by atoms with Gasteiger partial charge in [-0.2, -0.15) is 4.98 Å². The highest BCUT2D eigenvalue weighted by molar-refractivity contribution is 6.42. The largest absolute Gasteiger partial charge is 0.363 e. The molecule has 1 saturated carbocycles. The maximum absolute atomic E-state index is 12.3. The Bertz CT molecular complexity index is 822. The molecule has 150 valence electrons. The van der Waals surface area contributed by atoms with E-state index in [4.69, 9.17) is 23.2 Å². The monoisotopic (exact) mass is 421 g/mol. The summed E-state index contributed by atoms with van der Waals surface area (Å²) in [6.45, 7) is 0. The third-order valence-electron chi connectivity index (χ3n) is 4.87. The first-order chi connectivity index (χ1) is 13.4. The number of aromatic nitrogens is 2. The Hall–Kier alpha value is -2.05. The van der Waals surface area contributed by atoms with Crippen molar-refractivity contribution in [3.8, 4) is 0 Å². The second kappa shape index (κ2) is 9.43. The number of anilines is 2. The van der Waals surface area contributed by atoms with Crippen LogP contribution in [0.4, 0.5) is 11.8 Å². The molecule has 1 aromatic heterocycles. The van der Waals surface area contributed by atoms with Gasteiger partial charge in [0.15, 0.2) is 0 Å². The van der Waals surface area contributed by atoms with Crippen molar-refractivity contribution in [1.29, 1.82) is 0 Å². The molecule has 0 aliphatic heterocycles. The second-order valence-corrected chi connectivity index (χ2v) is 8.13. The van der Waals surface area contributed by atoms with Crippen molar-refractivity contribution in [1.82, 2.24) is 15.3 Å². The Morgan fingerprint density at radius 2 is 1.82 bits per heavy atom. The van der Waals surface area contributed by atoms with Crippen molar-refractivity contribution in [2.75, 3.05) is 24.3 Å². The van der Waals surface area contributed by atoms with Gasteiger partial charge in [0.25, 0.3) is 0 Å². The van der Waals surface area contributed by atoms with Crippen LogP contribution in [-0.2, 0) is 11.2 Å². The summed E-state index contributed by atoms with van der Waals surface area (Å²) in [7, 11) is 3.91. The predicted molar refractivity (Wildman–Crippen MR) is 114 cm³/mol. The highest BCUT2D eigenvalue weighted by atomic mass is 35.5. The first kappa shape index (κ1) is 20.7. The zero-order valence-corrected chi connectivity index (χ0v) is 17.6. The van der Waals surface area contributed by atoms with Crippen molar-refractivity contribution in [2.45, 2.75) is 44.2 Å². The zero-order chi connectivity index (χ0) is 20.1. The Balaban J connectivity index is 1.45. The molecule has 1 aliphatic rings. The average Bonchev–Trinajstić information content (AvgIpc) is 2.66. The molecule has 0 unspecified atom stereocenters. The normalized spacial score (nSPS) is 19.1. The van der Waals surface area contributed by atoms with Gasteiger partial charge in [0.2, 0.25) is 11.9 Å². The lowest BCUT2D eigenvalue weighted by molar-refractivity contribution is -0.121. The molecule has 28 heavy (non-hydrogen) atoms. The van der Waals surface area contributed by atoms with Gasteiger partial charge in [0.05, 0.1) is 16.5 Å². The first-order valence-electron chi connectivity index (χ1n) is 9.41. The molecule has 2 aromatic rings. The quantitative estimate of drug-likeness (QED) is 0.738. The zero-order valence-electron chi connectivity index (χ0n) is 16.1. The number of rotatable bonds is 6. The van der Waals surface area contributed by atoms with E-state index in [0.717, 1.165) is 37.1 Å². The number of carbonyl (C=O) groups is 1. The lowest BCUT2D eigenvalue weighted by Crippen LogP contribution is -2.40. The molecule has 1 amide bonds. The summed E-state index contributed by atoms with van der Waals surface area (Å²) in [6.07, 6.45) is 5.86. The van der Waals surface area contributed by atoms with Crippen LogP contribution in [-0.4, -0.2) is 42.1 Å². The number of carbonyl (C=O) groups excluding carboxylic acids is 1. The SMILES string of the molecule is CN(C)c1ccnc(NC2CCC(NC(=O)Cc3ccc(Cl)c(Cl)c3)CC2)n1. The third kappa shape index (κ3) is 5.72. The molecule has 8 heteroatoms. The maximum atomic E-state index is 12.3. The number of benzene rings is 1. The molecule has 0 saturated heterocycles. The van der Waals surface area contributed by atoms with Gasteiger partial charge in [0.1, 0.15) is 5.82 Å². The number of amides is 1.